The number of piperidine rings is 1. The molecule has 116 valence electrons. The van der Waals surface area contributed by atoms with Gasteiger partial charge in [-0.2, -0.15) is 0 Å². The van der Waals surface area contributed by atoms with Gasteiger partial charge < -0.3 is 9.80 Å². The Morgan fingerprint density at radius 2 is 1.65 bits per heavy atom. The van der Waals surface area contributed by atoms with Gasteiger partial charge in [-0.1, -0.05) is 30.3 Å². The maximum absolute atomic E-state index is 2.61. The minimum absolute atomic E-state index is 0. The summed E-state index contributed by atoms with van der Waals surface area (Å²) in [6.45, 7) is 4.98. The van der Waals surface area contributed by atoms with Crippen LogP contribution in [0.25, 0.3) is 0 Å². The third-order valence-corrected chi connectivity index (χ3v) is 3.94. The molecule has 0 N–H and O–H groups in total. The smallest absolute Gasteiger partial charge is 0.0109 e. The van der Waals surface area contributed by atoms with Gasteiger partial charge in [0.1, 0.15) is 0 Å². The van der Waals surface area contributed by atoms with E-state index in [1.165, 1.54) is 51.0 Å². The molecule has 1 fully saturated rings. The van der Waals surface area contributed by atoms with Gasteiger partial charge in [-0.05, 0) is 57.9 Å². The normalized spacial score (nSPS) is 16.6. The Morgan fingerprint density at radius 3 is 2.20 bits per heavy atom. The average molecular weight is 319 g/mol. The van der Waals surface area contributed by atoms with Gasteiger partial charge in [-0.3, -0.25) is 0 Å². The van der Waals surface area contributed by atoms with Gasteiger partial charge >= 0.3 is 0 Å². The summed E-state index contributed by atoms with van der Waals surface area (Å²) in [7, 11) is 4.31. The molecule has 0 atom stereocenters. The van der Waals surface area contributed by atoms with Crippen molar-refractivity contribution in [2.75, 3.05) is 40.3 Å². The molecule has 2 nitrogen and oxygen atoms in total. The number of halogens is 2. The van der Waals surface area contributed by atoms with Crippen LogP contribution in [0.5, 0.6) is 0 Å². The third-order valence-electron chi connectivity index (χ3n) is 3.94. The van der Waals surface area contributed by atoms with Crippen LogP contribution in [0.15, 0.2) is 30.3 Å². The second-order valence-corrected chi connectivity index (χ2v) is 5.78. The Labute approximate surface area is 136 Å². The highest BCUT2D eigenvalue weighted by Gasteiger charge is 2.18. The van der Waals surface area contributed by atoms with E-state index in [9.17, 15) is 0 Å². The number of nitrogens with zero attached hydrogens (tertiary/aromatic N) is 2. The number of hydrogen-bond acceptors (Lipinski definition) is 2. The first-order valence-electron chi connectivity index (χ1n) is 7.15. The zero-order valence-corrected chi connectivity index (χ0v) is 14.3. The van der Waals surface area contributed by atoms with Crippen LogP contribution in [0.2, 0.25) is 0 Å². The van der Waals surface area contributed by atoms with Crippen LogP contribution in [0.4, 0.5) is 0 Å². The molecule has 1 aliphatic rings. The lowest BCUT2D eigenvalue weighted by molar-refractivity contribution is 0.170. The van der Waals surface area contributed by atoms with Gasteiger partial charge in [0.05, 0.1) is 0 Å². The highest BCUT2D eigenvalue weighted by molar-refractivity contribution is 5.85. The fraction of sp³-hybridized carbons (Fsp3) is 0.625. The molecule has 0 amide bonds. The fourth-order valence-electron chi connectivity index (χ4n) is 2.70. The number of likely N-dealkylation sites (N-methyl/N-ethyl adjacent to an activating group) is 1. The van der Waals surface area contributed by atoms with E-state index in [0.717, 1.165) is 5.92 Å². The van der Waals surface area contributed by atoms with Crippen LogP contribution in [-0.4, -0.2) is 50.1 Å². The summed E-state index contributed by atoms with van der Waals surface area (Å²) < 4.78 is 0. The fourth-order valence-corrected chi connectivity index (χ4v) is 2.70. The van der Waals surface area contributed by atoms with Crippen LogP contribution < -0.4 is 0 Å². The highest BCUT2D eigenvalue weighted by Crippen LogP contribution is 2.21. The molecule has 0 bridgehead atoms. The summed E-state index contributed by atoms with van der Waals surface area (Å²) in [4.78, 5) is 4.89. The Bertz CT molecular complexity index is 336. The quantitative estimate of drug-likeness (QED) is 0.821. The van der Waals surface area contributed by atoms with Crippen molar-refractivity contribution in [3.8, 4) is 0 Å². The van der Waals surface area contributed by atoms with Crippen molar-refractivity contribution in [2.24, 2.45) is 5.92 Å². The van der Waals surface area contributed by atoms with Crippen LogP contribution in [0.1, 0.15) is 18.4 Å². The molecule has 1 aromatic rings. The highest BCUT2D eigenvalue weighted by atomic mass is 35.5. The molecule has 0 unspecified atom stereocenters. The molecule has 20 heavy (non-hydrogen) atoms. The van der Waals surface area contributed by atoms with E-state index in [1.54, 1.807) is 0 Å². The molecular weight excluding hydrogens is 291 g/mol. The van der Waals surface area contributed by atoms with Gasteiger partial charge in [-0.15, -0.1) is 24.8 Å². The molecule has 1 saturated heterocycles. The zero-order valence-electron chi connectivity index (χ0n) is 12.6. The summed E-state index contributed by atoms with van der Waals surface area (Å²) >= 11 is 0. The predicted molar refractivity (Wildman–Crippen MR) is 92.4 cm³/mol. The minimum Gasteiger partial charge on any atom is -0.308 e. The first kappa shape index (κ1) is 19.7. The van der Waals surface area contributed by atoms with Gasteiger partial charge in [0, 0.05) is 13.1 Å². The van der Waals surface area contributed by atoms with Crippen molar-refractivity contribution >= 4 is 24.8 Å². The first-order valence-corrected chi connectivity index (χ1v) is 7.15. The average Bonchev–Trinajstić information content (AvgIpc) is 2.39. The molecule has 1 heterocycles. The van der Waals surface area contributed by atoms with Gasteiger partial charge in [0.25, 0.3) is 0 Å². The maximum atomic E-state index is 2.61. The monoisotopic (exact) mass is 318 g/mol. The number of likely N-dealkylation sites (tertiary alicyclic amines) is 1. The van der Waals surface area contributed by atoms with Crippen molar-refractivity contribution in [3.63, 3.8) is 0 Å². The summed E-state index contributed by atoms with van der Waals surface area (Å²) in [6.07, 6.45) is 3.99. The van der Waals surface area contributed by atoms with Crippen molar-refractivity contribution in [3.05, 3.63) is 35.9 Å². The summed E-state index contributed by atoms with van der Waals surface area (Å²) in [5.74, 6) is 0.892. The largest absolute Gasteiger partial charge is 0.308 e. The van der Waals surface area contributed by atoms with Crippen molar-refractivity contribution < 1.29 is 0 Å². The van der Waals surface area contributed by atoms with Crippen LogP contribution in [0, 0.1) is 5.92 Å². The first-order chi connectivity index (χ1) is 8.74. The van der Waals surface area contributed by atoms with E-state index in [4.69, 9.17) is 0 Å². The maximum Gasteiger partial charge on any atom is 0.0109 e. The van der Waals surface area contributed by atoms with Crippen LogP contribution in [0.3, 0.4) is 0 Å². The predicted octanol–water partition coefficient (Wildman–Crippen LogP) is 3.35. The third kappa shape index (κ3) is 6.94. The lowest BCUT2D eigenvalue weighted by atomic mass is 9.90. The summed E-state index contributed by atoms with van der Waals surface area (Å²) in [6, 6.07) is 10.9. The second-order valence-electron chi connectivity index (χ2n) is 5.78. The molecule has 0 aliphatic carbocycles. The molecule has 2 rings (SSSR count). The van der Waals surface area contributed by atoms with Crippen molar-refractivity contribution in [2.45, 2.75) is 19.3 Å². The van der Waals surface area contributed by atoms with E-state index in [1.807, 2.05) is 0 Å². The lowest BCUT2D eigenvalue weighted by Crippen LogP contribution is -2.38. The van der Waals surface area contributed by atoms with Gasteiger partial charge in [0.15, 0.2) is 0 Å². The van der Waals surface area contributed by atoms with Gasteiger partial charge in [0.2, 0.25) is 0 Å². The minimum atomic E-state index is 0. The number of rotatable bonds is 5. The number of hydrogen-bond donors (Lipinski definition) is 0. The van der Waals surface area contributed by atoms with Crippen molar-refractivity contribution in [1.82, 2.24) is 9.80 Å². The molecule has 1 aromatic carbocycles. The Hall–Kier alpha value is -0.280. The molecule has 0 radical (unpaired) electrons. The standard InChI is InChI=1S/C16H26N2.2ClH/c1-17(2)12-13-18-10-8-16(9-11-18)14-15-6-4-3-5-7-15;;/h3-7,16H,8-14H2,1-2H3;2*1H. The Morgan fingerprint density at radius 1 is 1.05 bits per heavy atom. The topological polar surface area (TPSA) is 6.48 Å². The van der Waals surface area contributed by atoms with Crippen LogP contribution >= 0.6 is 24.8 Å². The SMILES string of the molecule is CN(C)CCN1CCC(Cc2ccccc2)CC1.Cl.Cl. The van der Waals surface area contributed by atoms with E-state index in [0.29, 0.717) is 0 Å². The van der Waals surface area contributed by atoms with Crippen molar-refractivity contribution in [1.29, 1.82) is 0 Å². The zero-order chi connectivity index (χ0) is 12.8. The molecule has 0 spiro atoms. The van der Waals surface area contributed by atoms with E-state index >= 15 is 0 Å². The Kier molecular flexibility index (Phi) is 10.3. The van der Waals surface area contributed by atoms with Gasteiger partial charge in [-0.25, -0.2) is 0 Å². The number of benzene rings is 1. The molecule has 0 aromatic heterocycles. The summed E-state index contributed by atoms with van der Waals surface area (Å²) in [5.41, 5.74) is 1.50. The molecule has 4 heteroatoms. The molecular formula is C16H28Cl2N2. The lowest BCUT2D eigenvalue weighted by Gasteiger charge is -2.32. The second kappa shape index (κ2) is 10.4. The van der Waals surface area contributed by atoms with E-state index < -0.39 is 0 Å². The van der Waals surface area contributed by atoms with Crippen LogP contribution in [-0.2, 0) is 6.42 Å². The summed E-state index contributed by atoms with van der Waals surface area (Å²) in [5, 5.41) is 0. The molecule has 0 saturated carbocycles. The van der Waals surface area contributed by atoms with E-state index in [-0.39, 0.29) is 24.8 Å². The Balaban J connectivity index is 0.00000180. The molecule has 1 aliphatic heterocycles. The van der Waals surface area contributed by atoms with E-state index in [2.05, 4.69) is 54.2 Å².